The van der Waals surface area contributed by atoms with Crippen LogP contribution in [0.5, 0.6) is 5.88 Å². The van der Waals surface area contributed by atoms with E-state index >= 15 is 0 Å². The van der Waals surface area contributed by atoms with Crippen molar-refractivity contribution in [1.82, 2.24) is 14.9 Å². The molecule has 1 unspecified atom stereocenters. The van der Waals surface area contributed by atoms with E-state index in [-0.39, 0.29) is 30.6 Å². The first-order valence-corrected chi connectivity index (χ1v) is 12.6. The molecule has 0 aliphatic carbocycles. The van der Waals surface area contributed by atoms with Crippen LogP contribution in [-0.2, 0) is 14.3 Å². The first-order valence-electron chi connectivity index (χ1n) is 12.2. The van der Waals surface area contributed by atoms with Gasteiger partial charge in [0.15, 0.2) is 6.10 Å². The van der Waals surface area contributed by atoms with Crippen molar-refractivity contribution < 1.29 is 24.1 Å². The molecule has 0 spiro atoms. The number of aromatic nitrogens is 2. The minimum atomic E-state index is -0.684. The smallest absolute Gasteiger partial charge is 0.219 e. The Balaban J connectivity index is 1.27. The lowest BCUT2D eigenvalue weighted by molar-refractivity contribution is -0.128. The van der Waals surface area contributed by atoms with Gasteiger partial charge < -0.3 is 29.2 Å². The molecule has 2 aromatic heterocycles. The van der Waals surface area contributed by atoms with Crippen molar-refractivity contribution in [3.63, 3.8) is 0 Å². The van der Waals surface area contributed by atoms with E-state index in [0.717, 1.165) is 17.5 Å². The summed E-state index contributed by atoms with van der Waals surface area (Å²) in [5, 5.41) is 20.3. The number of nitrogens with zero attached hydrogens (tertiary/aromatic N) is 3. The first-order chi connectivity index (χ1) is 17.9. The van der Waals surface area contributed by atoms with Crippen LogP contribution >= 0.6 is 11.6 Å². The number of benzene rings is 1. The summed E-state index contributed by atoms with van der Waals surface area (Å²) in [7, 11) is 0. The molecule has 3 aromatic rings. The molecule has 2 saturated heterocycles. The summed E-state index contributed by atoms with van der Waals surface area (Å²) in [6.45, 7) is 3.36. The molecule has 2 N–H and O–H groups in total. The molecule has 3 aliphatic rings. The molecule has 5 heterocycles. The number of carbonyl (C=O) groups is 1. The van der Waals surface area contributed by atoms with E-state index < -0.39 is 24.4 Å². The predicted octanol–water partition coefficient (Wildman–Crippen LogP) is 3.30. The lowest BCUT2D eigenvalue weighted by Gasteiger charge is -2.25. The van der Waals surface area contributed by atoms with Crippen LogP contribution in [0.25, 0.3) is 27.9 Å². The van der Waals surface area contributed by atoms with Crippen molar-refractivity contribution in [3.05, 3.63) is 52.6 Å². The van der Waals surface area contributed by atoms with Gasteiger partial charge in [0.1, 0.15) is 35.5 Å². The highest BCUT2D eigenvalue weighted by Crippen LogP contribution is 2.36. The Hall–Kier alpha value is -3.42. The molecule has 37 heavy (non-hydrogen) atoms. The maximum atomic E-state index is 11.6. The van der Waals surface area contributed by atoms with Gasteiger partial charge in [0.05, 0.1) is 29.4 Å². The Morgan fingerprint density at radius 2 is 2.00 bits per heavy atom. The number of halogens is 1. The topological polar surface area (TPSA) is 121 Å². The third-order valence-corrected chi connectivity index (χ3v) is 7.52. The van der Waals surface area contributed by atoms with Crippen LogP contribution in [0, 0.1) is 11.3 Å². The molecule has 0 radical (unpaired) electrons. The number of nitriles is 1. The zero-order valence-corrected chi connectivity index (χ0v) is 20.9. The van der Waals surface area contributed by atoms with Crippen molar-refractivity contribution in [2.45, 2.75) is 37.8 Å². The summed E-state index contributed by atoms with van der Waals surface area (Å²) in [6, 6.07) is 11.9. The number of ether oxygens (including phenoxy) is 3. The lowest BCUT2D eigenvalue weighted by Crippen LogP contribution is -2.34. The van der Waals surface area contributed by atoms with Gasteiger partial charge in [0.25, 0.3) is 0 Å². The molecule has 0 saturated carbocycles. The van der Waals surface area contributed by atoms with Gasteiger partial charge in [-0.25, -0.2) is 4.98 Å². The standard InChI is InChI=1S/C27H25ClN4O5/c1-14(33)32-8-6-16(7-9-32)15-2-4-17(5-3-15)23-19(28)10-20-24(31-23)18(11-29)27(30-20)37-22-13-36-25-21(34)12-35-26(22)25/h2-6,10,21-22,25-26,30,34H,7-9,12-13H2,1H3/t21-,22-,25?,26-/m1/s1. The number of amides is 1. The second kappa shape index (κ2) is 9.47. The average Bonchev–Trinajstić information content (AvgIpc) is 3.58. The van der Waals surface area contributed by atoms with E-state index in [1.165, 1.54) is 5.57 Å². The van der Waals surface area contributed by atoms with Gasteiger partial charge in [0.2, 0.25) is 11.8 Å². The second-order valence-electron chi connectivity index (χ2n) is 9.50. The van der Waals surface area contributed by atoms with E-state index in [0.29, 0.717) is 34.8 Å². The lowest BCUT2D eigenvalue weighted by atomic mass is 9.97. The first kappa shape index (κ1) is 23.9. The molecule has 10 heteroatoms. The van der Waals surface area contributed by atoms with Gasteiger partial charge in [-0.3, -0.25) is 4.79 Å². The number of aliphatic hydroxyl groups is 1. The molecule has 9 nitrogen and oxygen atoms in total. The zero-order chi connectivity index (χ0) is 25.7. The van der Waals surface area contributed by atoms with Gasteiger partial charge in [-0.15, -0.1) is 0 Å². The highest BCUT2D eigenvalue weighted by molar-refractivity contribution is 6.33. The van der Waals surface area contributed by atoms with E-state index in [1.807, 2.05) is 29.2 Å². The Labute approximate surface area is 218 Å². The van der Waals surface area contributed by atoms with Crippen molar-refractivity contribution in [3.8, 4) is 23.2 Å². The van der Waals surface area contributed by atoms with Crippen LogP contribution in [0.3, 0.4) is 0 Å². The van der Waals surface area contributed by atoms with Crippen LogP contribution < -0.4 is 4.74 Å². The van der Waals surface area contributed by atoms with Crippen LogP contribution in [0.2, 0.25) is 5.02 Å². The Bertz CT molecular complexity index is 1440. The number of aliphatic hydroxyl groups excluding tert-OH is 1. The summed E-state index contributed by atoms with van der Waals surface area (Å²) >= 11 is 6.61. The van der Waals surface area contributed by atoms with Gasteiger partial charge in [-0.2, -0.15) is 5.26 Å². The number of nitrogens with one attached hydrogen (secondary N) is 1. The normalized spacial score (nSPS) is 25.1. The predicted molar refractivity (Wildman–Crippen MR) is 136 cm³/mol. The van der Waals surface area contributed by atoms with Crippen LogP contribution in [0.4, 0.5) is 0 Å². The van der Waals surface area contributed by atoms with E-state index in [4.69, 9.17) is 30.8 Å². The number of carbonyl (C=O) groups excluding carboxylic acids is 1. The average molecular weight is 521 g/mol. The van der Waals surface area contributed by atoms with Crippen LogP contribution in [0.15, 0.2) is 36.4 Å². The minimum absolute atomic E-state index is 0.0863. The molecule has 2 fully saturated rings. The van der Waals surface area contributed by atoms with Crippen molar-refractivity contribution in [2.75, 3.05) is 26.3 Å². The Morgan fingerprint density at radius 1 is 1.24 bits per heavy atom. The minimum Gasteiger partial charge on any atom is -0.469 e. The molecule has 3 aliphatic heterocycles. The van der Waals surface area contributed by atoms with Crippen molar-refractivity contribution in [1.29, 1.82) is 5.26 Å². The Morgan fingerprint density at radius 3 is 2.70 bits per heavy atom. The molecule has 4 atom stereocenters. The number of fused-ring (bicyclic) bond motifs is 2. The van der Waals surface area contributed by atoms with Crippen LogP contribution in [0.1, 0.15) is 24.5 Å². The molecular weight excluding hydrogens is 496 g/mol. The number of H-pyrrole nitrogens is 1. The number of aromatic amines is 1. The number of rotatable bonds is 4. The largest absolute Gasteiger partial charge is 0.469 e. The quantitative estimate of drug-likeness (QED) is 0.541. The molecule has 0 bridgehead atoms. The second-order valence-corrected chi connectivity index (χ2v) is 9.90. The summed E-state index contributed by atoms with van der Waals surface area (Å²) < 4.78 is 17.3. The van der Waals surface area contributed by atoms with Gasteiger partial charge in [0, 0.05) is 25.6 Å². The van der Waals surface area contributed by atoms with Gasteiger partial charge >= 0.3 is 0 Å². The molecular formula is C27H25ClN4O5. The van der Waals surface area contributed by atoms with E-state index in [9.17, 15) is 15.2 Å². The molecule has 190 valence electrons. The van der Waals surface area contributed by atoms with E-state index in [1.54, 1.807) is 13.0 Å². The maximum Gasteiger partial charge on any atom is 0.219 e. The summed E-state index contributed by atoms with van der Waals surface area (Å²) in [4.78, 5) is 21.3. The zero-order valence-electron chi connectivity index (χ0n) is 20.1. The van der Waals surface area contributed by atoms with Gasteiger partial charge in [-0.1, -0.05) is 41.9 Å². The fourth-order valence-corrected chi connectivity index (χ4v) is 5.48. The fourth-order valence-electron chi connectivity index (χ4n) is 5.22. The Kier molecular flexibility index (Phi) is 6.13. The van der Waals surface area contributed by atoms with Crippen molar-refractivity contribution in [2.24, 2.45) is 0 Å². The number of hydrogen-bond donors (Lipinski definition) is 2. The molecule has 1 aromatic carbocycles. The number of pyridine rings is 1. The molecule has 6 rings (SSSR count). The summed E-state index contributed by atoms with van der Waals surface area (Å²) in [5.41, 5.74) is 5.00. The monoisotopic (exact) mass is 520 g/mol. The van der Waals surface area contributed by atoms with Crippen molar-refractivity contribution >= 4 is 34.1 Å². The SMILES string of the molecule is CC(=O)N1CC=C(c2ccc(-c3nc4c(C#N)c(O[C@@H]5COC6[C@H](O)CO[C@@H]65)[nH]c4cc3Cl)cc2)CC1. The molecule has 1 amide bonds. The third-order valence-electron chi connectivity index (χ3n) is 7.23. The highest BCUT2D eigenvalue weighted by Gasteiger charge is 2.48. The van der Waals surface area contributed by atoms with Crippen LogP contribution in [-0.4, -0.2) is 76.6 Å². The third kappa shape index (κ3) is 4.26. The summed E-state index contributed by atoms with van der Waals surface area (Å²) in [6.07, 6.45) is 0.923. The fraction of sp³-hybridized carbons (Fsp3) is 0.370. The maximum absolute atomic E-state index is 11.6. The van der Waals surface area contributed by atoms with Gasteiger partial charge in [-0.05, 0) is 23.6 Å². The van der Waals surface area contributed by atoms with E-state index in [2.05, 4.69) is 17.1 Å². The summed E-state index contributed by atoms with van der Waals surface area (Å²) in [5.74, 6) is 0.361. The highest BCUT2D eigenvalue weighted by atomic mass is 35.5. The number of hydrogen-bond acceptors (Lipinski definition) is 7.